The fourth-order valence-electron chi connectivity index (χ4n) is 2.78. The summed E-state index contributed by atoms with van der Waals surface area (Å²) in [7, 11) is 1.27. The van der Waals surface area contributed by atoms with Gasteiger partial charge < -0.3 is 9.47 Å². The second-order valence-electron chi connectivity index (χ2n) is 6.59. The van der Waals surface area contributed by atoms with Crippen molar-refractivity contribution in [1.82, 2.24) is 9.55 Å². The molecule has 0 bridgehead atoms. The number of aromatic amines is 1. The predicted octanol–water partition coefficient (Wildman–Crippen LogP) is 2.80. The number of aromatic nitrogens is 2. The van der Waals surface area contributed by atoms with Gasteiger partial charge in [0.1, 0.15) is 5.75 Å². The molecule has 0 atom stereocenters. The van der Waals surface area contributed by atoms with Crippen molar-refractivity contribution in [2.24, 2.45) is 0 Å². The standard InChI is InChI=1S/C20H24N2O5/c1-12(2)17-18(24)21-20(25)22(8-6-7-16(23)26-5)19(17)27-15-10-13(3)9-14(4)11-15/h6-7,9-12H,8H2,1-5H3,(H,21,24,25). The van der Waals surface area contributed by atoms with Crippen LogP contribution in [0.5, 0.6) is 11.6 Å². The highest BCUT2D eigenvalue weighted by Gasteiger charge is 2.19. The van der Waals surface area contributed by atoms with E-state index in [1.807, 2.05) is 45.9 Å². The Morgan fingerprint density at radius 2 is 1.81 bits per heavy atom. The minimum Gasteiger partial charge on any atom is -0.466 e. The third kappa shape index (κ3) is 4.97. The van der Waals surface area contributed by atoms with Crippen LogP contribution in [0.25, 0.3) is 0 Å². The summed E-state index contributed by atoms with van der Waals surface area (Å²) in [4.78, 5) is 38.3. The maximum atomic E-state index is 12.4. The van der Waals surface area contributed by atoms with Gasteiger partial charge in [-0.2, -0.15) is 0 Å². The zero-order chi connectivity index (χ0) is 20.1. The van der Waals surface area contributed by atoms with E-state index in [1.54, 1.807) is 0 Å². The molecule has 27 heavy (non-hydrogen) atoms. The van der Waals surface area contributed by atoms with Crippen molar-refractivity contribution in [3.63, 3.8) is 0 Å². The number of aryl methyl sites for hydroxylation is 2. The van der Waals surface area contributed by atoms with Gasteiger partial charge in [0.25, 0.3) is 5.56 Å². The van der Waals surface area contributed by atoms with Gasteiger partial charge in [0.2, 0.25) is 5.88 Å². The van der Waals surface area contributed by atoms with E-state index < -0.39 is 17.2 Å². The van der Waals surface area contributed by atoms with Gasteiger partial charge >= 0.3 is 11.7 Å². The van der Waals surface area contributed by atoms with E-state index in [2.05, 4.69) is 9.72 Å². The fourth-order valence-corrected chi connectivity index (χ4v) is 2.78. The SMILES string of the molecule is COC(=O)C=CCn1c(Oc2cc(C)cc(C)c2)c(C(C)C)c(=O)[nH]c1=O. The zero-order valence-corrected chi connectivity index (χ0v) is 16.2. The molecule has 1 aromatic heterocycles. The summed E-state index contributed by atoms with van der Waals surface area (Å²) in [6.45, 7) is 7.61. The number of nitrogens with one attached hydrogen (secondary N) is 1. The Morgan fingerprint density at radius 1 is 1.19 bits per heavy atom. The number of benzene rings is 1. The molecule has 144 valence electrons. The number of nitrogens with zero attached hydrogens (tertiary/aromatic N) is 1. The van der Waals surface area contributed by atoms with Crippen molar-refractivity contribution >= 4 is 5.97 Å². The van der Waals surface area contributed by atoms with E-state index >= 15 is 0 Å². The lowest BCUT2D eigenvalue weighted by molar-refractivity contribution is -0.134. The highest BCUT2D eigenvalue weighted by Crippen LogP contribution is 2.28. The first-order chi connectivity index (χ1) is 12.7. The molecule has 0 spiro atoms. The van der Waals surface area contributed by atoms with Crippen LogP contribution in [-0.2, 0) is 16.1 Å². The molecule has 0 aliphatic carbocycles. The molecule has 7 heteroatoms. The molecule has 0 aliphatic heterocycles. The fraction of sp³-hybridized carbons (Fsp3) is 0.350. The lowest BCUT2D eigenvalue weighted by Crippen LogP contribution is -2.33. The molecule has 0 aliphatic rings. The average Bonchev–Trinajstić information content (AvgIpc) is 2.55. The maximum Gasteiger partial charge on any atom is 0.331 e. The van der Waals surface area contributed by atoms with Gasteiger partial charge in [-0.15, -0.1) is 0 Å². The molecule has 2 aromatic rings. The van der Waals surface area contributed by atoms with Gasteiger partial charge in [-0.05, 0) is 43.0 Å². The first-order valence-electron chi connectivity index (χ1n) is 8.60. The minimum atomic E-state index is -0.613. The number of carbonyl (C=O) groups is 1. The van der Waals surface area contributed by atoms with E-state index in [1.165, 1.54) is 23.8 Å². The Bertz CT molecular complexity index is 963. The van der Waals surface area contributed by atoms with Crippen LogP contribution < -0.4 is 16.0 Å². The first kappa shape index (κ1) is 20.2. The van der Waals surface area contributed by atoms with Crippen LogP contribution in [0.3, 0.4) is 0 Å². The Balaban J connectivity index is 2.59. The van der Waals surface area contributed by atoms with Crippen LogP contribution >= 0.6 is 0 Å². The van der Waals surface area contributed by atoms with Crippen LogP contribution in [-0.4, -0.2) is 22.6 Å². The van der Waals surface area contributed by atoms with E-state index in [4.69, 9.17) is 4.74 Å². The van der Waals surface area contributed by atoms with Crippen molar-refractivity contribution < 1.29 is 14.3 Å². The molecular formula is C20H24N2O5. The van der Waals surface area contributed by atoms with Crippen LogP contribution in [0.4, 0.5) is 0 Å². The Hall–Kier alpha value is -3.09. The summed E-state index contributed by atoms with van der Waals surface area (Å²) in [6, 6.07) is 5.66. The second kappa shape index (κ2) is 8.53. The number of ether oxygens (including phenoxy) is 2. The number of esters is 1. The third-order valence-electron chi connectivity index (χ3n) is 3.92. The van der Waals surface area contributed by atoms with Crippen molar-refractivity contribution in [3.8, 4) is 11.6 Å². The Labute approximate surface area is 157 Å². The number of carbonyl (C=O) groups excluding carboxylic acids is 1. The lowest BCUT2D eigenvalue weighted by atomic mass is 10.1. The zero-order valence-electron chi connectivity index (χ0n) is 16.2. The molecular weight excluding hydrogens is 348 g/mol. The van der Waals surface area contributed by atoms with Gasteiger partial charge in [0.15, 0.2) is 0 Å². The first-order valence-corrected chi connectivity index (χ1v) is 8.60. The van der Waals surface area contributed by atoms with Gasteiger partial charge in [-0.1, -0.05) is 26.0 Å². The summed E-state index contributed by atoms with van der Waals surface area (Å²) in [6.07, 6.45) is 2.69. The summed E-state index contributed by atoms with van der Waals surface area (Å²) in [5.41, 5.74) is 1.27. The largest absolute Gasteiger partial charge is 0.466 e. The van der Waals surface area contributed by atoms with Crippen LogP contribution in [0.1, 0.15) is 36.5 Å². The van der Waals surface area contributed by atoms with Crippen molar-refractivity contribution in [3.05, 3.63) is 67.9 Å². The van der Waals surface area contributed by atoms with Crippen molar-refractivity contribution in [1.29, 1.82) is 0 Å². The smallest absolute Gasteiger partial charge is 0.331 e. The summed E-state index contributed by atoms with van der Waals surface area (Å²) in [5.74, 6) is -0.0113. The minimum absolute atomic E-state index is 0.0462. The van der Waals surface area contributed by atoms with E-state index in [0.29, 0.717) is 11.3 Å². The van der Waals surface area contributed by atoms with Crippen molar-refractivity contribution in [2.75, 3.05) is 7.11 Å². The Kier molecular flexibility index (Phi) is 6.39. The monoisotopic (exact) mass is 372 g/mol. The molecule has 0 amide bonds. The quantitative estimate of drug-likeness (QED) is 0.622. The van der Waals surface area contributed by atoms with Crippen LogP contribution in [0, 0.1) is 13.8 Å². The van der Waals surface area contributed by atoms with Crippen molar-refractivity contribution in [2.45, 2.75) is 40.2 Å². The predicted molar refractivity (Wildman–Crippen MR) is 103 cm³/mol. The van der Waals surface area contributed by atoms with E-state index in [0.717, 1.165) is 11.1 Å². The molecule has 1 heterocycles. The number of rotatable bonds is 6. The maximum absolute atomic E-state index is 12.4. The Morgan fingerprint density at radius 3 is 2.37 bits per heavy atom. The number of H-pyrrole nitrogens is 1. The number of hydrogen-bond donors (Lipinski definition) is 1. The van der Waals surface area contributed by atoms with Crippen LogP contribution in [0.2, 0.25) is 0 Å². The average molecular weight is 372 g/mol. The molecule has 7 nitrogen and oxygen atoms in total. The molecule has 2 rings (SSSR count). The number of methoxy groups -OCH3 is 1. The summed E-state index contributed by atoms with van der Waals surface area (Å²) >= 11 is 0. The second-order valence-corrected chi connectivity index (χ2v) is 6.59. The molecule has 0 saturated heterocycles. The van der Waals surface area contributed by atoms with Gasteiger partial charge in [0.05, 0.1) is 12.7 Å². The van der Waals surface area contributed by atoms with Gasteiger partial charge in [-0.3, -0.25) is 14.3 Å². The number of hydrogen-bond acceptors (Lipinski definition) is 5. The topological polar surface area (TPSA) is 90.4 Å². The third-order valence-corrected chi connectivity index (χ3v) is 3.92. The highest BCUT2D eigenvalue weighted by atomic mass is 16.5. The molecule has 0 saturated carbocycles. The molecule has 0 fully saturated rings. The summed E-state index contributed by atoms with van der Waals surface area (Å²) < 4.78 is 11.8. The molecule has 0 unspecified atom stereocenters. The van der Waals surface area contributed by atoms with E-state index in [-0.39, 0.29) is 18.3 Å². The normalized spacial score (nSPS) is 11.2. The van der Waals surface area contributed by atoms with Crippen LogP contribution in [0.15, 0.2) is 39.9 Å². The highest BCUT2D eigenvalue weighted by molar-refractivity contribution is 5.81. The van der Waals surface area contributed by atoms with Gasteiger partial charge in [0, 0.05) is 12.6 Å². The lowest BCUT2D eigenvalue weighted by Gasteiger charge is -2.18. The molecule has 1 aromatic carbocycles. The molecule has 0 radical (unpaired) electrons. The number of allylic oxidation sites excluding steroid dienone is 1. The van der Waals surface area contributed by atoms with Gasteiger partial charge in [-0.25, -0.2) is 9.59 Å². The van der Waals surface area contributed by atoms with E-state index in [9.17, 15) is 14.4 Å². The molecule has 1 N–H and O–H groups in total. The summed E-state index contributed by atoms with van der Waals surface area (Å²) in [5, 5.41) is 0.